The van der Waals surface area contributed by atoms with Gasteiger partial charge in [0.25, 0.3) is 0 Å². The molecule has 4 aromatic rings. The van der Waals surface area contributed by atoms with Gasteiger partial charge in [-0.3, -0.25) is 4.90 Å². The summed E-state index contributed by atoms with van der Waals surface area (Å²) in [6, 6.07) is 21.5. The van der Waals surface area contributed by atoms with Crippen molar-refractivity contribution in [1.29, 1.82) is 0 Å². The molecule has 3 heterocycles. The topological polar surface area (TPSA) is 43.2 Å². The maximum absolute atomic E-state index is 13.7. The van der Waals surface area contributed by atoms with E-state index < -0.39 is 41.2 Å². The van der Waals surface area contributed by atoms with Crippen LogP contribution in [0.2, 0.25) is 0 Å². The van der Waals surface area contributed by atoms with Gasteiger partial charge >= 0.3 is 12.4 Å². The molecule has 0 saturated carbocycles. The Balaban J connectivity index is 1.44. The van der Waals surface area contributed by atoms with Crippen LogP contribution in [0.25, 0.3) is 0 Å². The van der Waals surface area contributed by atoms with E-state index in [1.54, 1.807) is 12.7 Å². The molecule has 6 rings (SSSR count). The number of aromatic nitrogens is 3. The van der Waals surface area contributed by atoms with E-state index in [9.17, 15) is 26.3 Å². The number of benzene rings is 3. The number of rotatable bonds is 7. The summed E-state index contributed by atoms with van der Waals surface area (Å²) >= 11 is 0. The van der Waals surface area contributed by atoms with E-state index >= 15 is 0 Å². The van der Waals surface area contributed by atoms with E-state index in [2.05, 4.69) is 15.1 Å². The molecule has 2 aliphatic rings. The highest BCUT2D eigenvalue weighted by Crippen LogP contribution is 2.57. The Labute approximate surface area is 245 Å². The molecule has 1 aromatic heterocycles. The smallest absolute Gasteiger partial charge is 0.368 e. The van der Waals surface area contributed by atoms with Crippen LogP contribution >= 0.6 is 0 Å². The molecule has 0 radical (unpaired) electrons. The molecule has 226 valence electrons. The Morgan fingerprint density at radius 3 is 1.98 bits per heavy atom. The molecule has 0 amide bonds. The molecule has 2 saturated heterocycles. The minimum atomic E-state index is -4.94. The summed E-state index contributed by atoms with van der Waals surface area (Å²) in [5.41, 5.74) is -1.54. The highest BCUT2D eigenvalue weighted by molar-refractivity contribution is 5.36. The lowest BCUT2D eigenvalue weighted by molar-refractivity contribution is -0.144. The van der Waals surface area contributed by atoms with Crippen molar-refractivity contribution in [1.82, 2.24) is 19.7 Å². The van der Waals surface area contributed by atoms with Crippen LogP contribution in [0.5, 0.6) is 0 Å². The Bertz CT molecular complexity index is 1490. The number of ether oxygens (including phenoxy) is 1. The monoisotopic (exact) mass is 600 g/mol. The molecule has 2 bridgehead atoms. The molecule has 0 unspecified atom stereocenters. The first kappa shape index (κ1) is 29.4. The second-order valence-corrected chi connectivity index (χ2v) is 11.3. The number of piperidine rings is 1. The second kappa shape index (κ2) is 11.1. The summed E-state index contributed by atoms with van der Waals surface area (Å²) < 4.78 is 90.6. The molecule has 43 heavy (non-hydrogen) atoms. The number of hydrogen-bond donors (Lipinski definition) is 0. The van der Waals surface area contributed by atoms with Crippen LogP contribution in [0, 0.1) is 0 Å². The van der Waals surface area contributed by atoms with Crippen LogP contribution in [-0.2, 0) is 29.2 Å². The van der Waals surface area contributed by atoms with E-state index in [1.807, 2.05) is 65.2 Å². The molecule has 0 N–H and O–H groups in total. The van der Waals surface area contributed by atoms with Crippen LogP contribution in [0.1, 0.15) is 66.1 Å². The minimum Gasteiger partial charge on any atom is -0.368 e. The van der Waals surface area contributed by atoms with Crippen molar-refractivity contribution in [2.45, 2.75) is 74.9 Å². The third kappa shape index (κ3) is 5.56. The molecule has 2 aliphatic heterocycles. The van der Waals surface area contributed by atoms with E-state index in [1.165, 1.54) is 6.92 Å². The zero-order chi connectivity index (χ0) is 30.4. The fraction of sp³-hybridized carbons (Fsp3) is 0.375. The largest absolute Gasteiger partial charge is 0.416 e. The molecular weight excluding hydrogens is 570 g/mol. The molecule has 3 aromatic carbocycles. The average Bonchev–Trinajstić information content (AvgIpc) is 3.58. The molecular formula is C32H30F6N4O. The minimum absolute atomic E-state index is 0.0202. The quantitative estimate of drug-likeness (QED) is 0.202. The lowest BCUT2D eigenvalue weighted by Crippen LogP contribution is -2.56. The molecule has 11 heteroatoms. The zero-order valence-electron chi connectivity index (χ0n) is 23.3. The van der Waals surface area contributed by atoms with Gasteiger partial charge in [0.05, 0.1) is 34.9 Å². The lowest BCUT2D eigenvalue weighted by Gasteiger charge is -2.50. The van der Waals surface area contributed by atoms with E-state index in [0.717, 1.165) is 23.3 Å². The highest BCUT2D eigenvalue weighted by Gasteiger charge is 2.60. The number of nitrogens with zero attached hydrogens (tertiary/aromatic N) is 4. The number of alkyl halides is 6. The van der Waals surface area contributed by atoms with E-state index in [0.29, 0.717) is 25.8 Å². The third-order valence-electron chi connectivity index (χ3n) is 8.87. The first-order chi connectivity index (χ1) is 20.5. The van der Waals surface area contributed by atoms with Crippen molar-refractivity contribution in [2.24, 2.45) is 0 Å². The van der Waals surface area contributed by atoms with Crippen molar-refractivity contribution in [3.8, 4) is 0 Å². The summed E-state index contributed by atoms with van der Waals surface area (Å²) in [6.07, 6.45) is -6.22. The first-order valence-electron chi connectivity index (χ1n) is 14.1. The standard InChI is InChI=1S/C32H30F6N4O/c1-21(23-14-25(31(33,34)35)16-26(15-23)32(36,37)38)43-29-13-12-27-28(41-19-39-40-20-41)17-30(29,24-10-6-3-7-11-24)42(27)18-22-8-4-2-5-9-22/h2-11,14-16,19-21,27-29H,12-13,17-18H2,1H3/t21-,27-,28+,29+,30+/m0/s1. The van der Waals surface area contributed by atoms with Crippen molar-refractivity contribution in [3.63, 3.8) is 0 Å². The van der Waals surface area contributed by atoms with Crippen molar-refractivity contribution in [3.05, 3.63) is 119 Å². The Hall–Kier alpha value is -3.70. The van der Waals surface area contributed by atoms with Crippen LogP contribution in [0.4, 0.5) is 26.3 Å². The normalized spacial score (nSPS) is 25.1. The van der Waals surface area contributed by atoms with E-state index in [4.69, 9.17) is 4.74 Å². The Morgan fingerprint density at radius 1 is 0.814 bits per heavy atom. The van der Waals surface area contributed by atoms with Gasteiger partial charge < -0.3 is 9.30 Å². The summed E-state index contributed by atoms with van der Waals surface area (Å²) in [7, 11) is 0. The van der Waals surface area contributed by atoms with Gasteiger partial charge in [-0.25, -0.2) is 0 Å². The third-order valence-corrected chi connectivity index (χ3v) is 8.87. The Kier molecular flexibility index (Phi) is 7.58. The highest BCUT2D eigenvalue weighted by atomic mass is 19.4. The van der Waals surface area contributed by atoms with Gasteiger partial charge in [-0.2, -0.15) is 26.3 Å². The molecule has 2 fully saturated rings. The predicted molar refractivity (Wildman–Crippen MR) is 147 cm³/mol. The molecule has 5 atom stereocenters. The van der Waals surface area contributed by atoms with Gasteiger partial charge in [0.2, 0.25) is 0 Å². The van der Waals surface area contributed by atoms with Crippen molar-refractivity contribution in [2.75, 3.05) is 0 Å². The van der Waals surface area contributed by atoms with Gasteiger partial charge in [0.15, 0.2) is 0 Å². The summed E-state index contributed by atoms with van der Waals surface area (Å²) in [4.78, 5) is 2.40. The number of hydrogen-bond acceptors (Lipinski definition) is 4. The zero-order valence-corrected chi connectivity index (χ0v) is 23.3. The van der Waals surface area contributed by atoms with Gasteiger partial charge in [-0.1, -0.05) is 60.7 Å². The van der Waals surface area contributed by atoms with Crippen LogP contribution in [-0.4, -0.2) is 31.8 Å². The first-order valence-corrected chi connectivity index (χ1v) is 14.1. The van der Waals surface area contributed by atoms with Gasteiger partial charge in [-0.05, 0) is 61.1 Å². The summed E-state index contributed by atoms with van der Waals surface area (Å²) in [6.45, 7) is 2.10. The van der Waals surface area contributed by atoms with Crippen LogP contribution in [0.15, 0.2) is 91.5 Å². The molecule has 5 nitrogen and oxygen atoms in total. The van der Waals surface area contributed by atoms with Crippen molar-refractivity contribution >= 4 is 0 Å². The Morgan fingerprint density at radius 2 is 1.40 bits per heavy atom. The lowest BCUT2D eigenvalue weighted by atomic mass is 9.78. The van der Waals surface area contributed by atoms with Crippen molar-refractivity contribution < 1.29 is 31.1 Å². The summed E-state index contributed by atoms with van der Waals surface area (Å²) in [5.74, 6) is 0. The number of halogens is 6. The van der Waals surface area contributed by atoms with Gasteiger partial charge in [0.1, 0.15) is 12.7 Å². The average molecular weight is 601 g/mol. The predicted octanol–water partition coefficient (Wildman–Crippen LogP) is 7.97. The molecule has 0 spiro atoms. The summed E-state index contributed by atoms with van der Waals surface area (Å²) in [5, 5.41) is 8.06. The van der Waals surface area contributed by atoms with E-state index in [-0.39, 0.29) is 23.7 Å². The van der Waals surface area contributed by atoms with Crippen LogP contribution in [0.3, 0.4) is 0 Å². The number of fused-ring (bicyclic) bond motifs is 2. The maximum atomic E-state index is 13.7. The SMILES string of the molecule is C[C@H](O[C@@H]1CC[C@H]2[C@H](n3cnnc3)C[C@]1(c1ccccc1)N2Cc1ccccc1)c1cc(C(F)(F)F)cc(C(F)(F)F)c1. The van der Waals surface area contributed by atoms with Gasteiger partial charge in [-0.15, -0.1) is 10.2 Å². The second-order valence-electron chi connectivity index (χ2n) is 11.3. The fourth-order valence-electron chi connectivity index (χ4n) is 6.94. The fourth-order valence-corrected chi connectivity index (χ4v) is 6.94. The van der Waals surface area contributed by atoms with Gasteiger partial charge in [0, 0.05) is 12.6 Å². The molecule has 0 aliphatic carbocycles. The maximum Gasteiger partial charge on any atom is 0.416 e. The van der Waals surface area contributed by atoms with Crippen LogP contribution < -0.4 is 0 Å².